The summed E-state index contributed by atoms with van der Waals surface area (Å²) in [5.41, 5.74) is 0.692. The van der Waals surface area contributed by atoms with E-state index in [0.29, 0.717) is 25.9 Å². The molecule has 0 saturated heterocycles. The third-order valence-electron chi connectivity index (χ3n) is 4.83. The van der Waals surface area contributed by atoms with Crippen molar-refractivity contribution < 1.29 is 23.9 Å². The third-order valence-corrected chi connectivity index (χ3v) is 4.83. The molecule has 136 valence electrons. The predicted molar refractivity (Wildman–Crippen MR) is 93.1 cm³/mol. The Morgan fingerprint density at radius 3 is 2.28 bits per heavy atom. The van der Waals surface area contributed by atoms with Gasteiger partial charge in [0.2, 0.25) is 0 Å². The summed E-state index contributed by atoms with van der Waals surface area (Å²) in [7, 11) is 0. The van der Waals surface area contributed by atoms with Crippen LogP contribution < -0.4 is 0 Å². The summed E-state index contributed by atoms with van der Waals surface area (Å²) in [5, 5.41) is 0. The van der Waals surface area contributed by atoms with Crippen LogP contribution in [0.15, 0.2) is 24.3 Å². The highest BCUT2D eigenvalue weighted by Gasteiger charge is 2.49. The van der Waals surface area contributed by atoms with Crippen LogP contribution >= 0.6 is 0 Å². The maximum atomic E-state index is 12.4. The molecular weight excluding hydrogens is 320 g/mol. The van der Waals surface area contributed by atoms with Gasteiger partial charge in [-0.1, -0.05) is 24.3 Å². The molecule has 0 radical (unpaired) electrons. The standard InChI is InChI=1S/C20H26O5/c1-4-24-18(22)14(3)16-10-8-15(9-11-16)13-20(19(23)25-5-2)12-6-7-17(20)21/h8-11,14H,4-7,12-13H2,1-3H3. The number of ketones is 1. The first-order chi connectivity index (χ1) is 11.9. The molecule has 2 atom stereocenters. The highest BCUT2D eigenvalue weighted by Crippen LogP contribution is 2.39. The Labute approximate surface area is 148 Å². The van der Waals surface area contributed by atoms with Gasteiger partial charge in [-0.2, -0.15) is 0 Å². The fourth-order valence-electron chi connectivity index (χ4n) is 3.35. The molecule has 0 amide bonds. The molecule has 1 saturated carbocycles. The van der Waals surface area contributed by atoms with Crippen LogP contribution in [-0.2, 0) is 30.3 Å². The van der Waals surface area contributed by atoms with Crippen LogP contribution in [0.3, 0.4) is 0 Å². The van der Waals surface area contributed by atoms with Gasteiger partial charge in [0.1, 0.15) is 5.41 Å². The molecule has 5 nitrogen and oxygen atoms in total. The van der Waals surface area contributed by atoms with Crippen molar-refractivity contribution in [2.75, 3.05) is 13.2 Å². The fraction of sp³-hybridized carbons (Fsp3) is 0.550. The Kier molecular flexibility index (Phi) is 6.34. The van der Waals surface area contributed by atoms with E-state index in [1.54, 1.807) is 20.8 Å². The van der Waals surface area contributed by atoms with Crippen molar-refractivity contribution in [3.63, 3.8) is 0 Å². The minimum absolute atomic E-state index is 0.0325. The smallest absolute Gasteiger partial charge is 0.319 e. The van der Waals surface area contributed by atoms with Crippen LogP contribution in [0.25, 0.3) is 0 Å². The lowest BCUT2D eigenvalue weighted by Gasteiger charge is -2.25. The summed E-state index contributed by atoms with van der Waals surface area (Å²) in [5.74, 6) is -1.05. The van der Waals surface area contributed by atoms with E-state index >= 15 is 0 Å². The Balaban J connectivity index is 2.17. The third kappa shape index (κ3) is 4.09. The van der Waals surface area contributed by atoms with E-state index < -0.39 is 11.4 Å². The van der Waals surface area contributed by atoms with Gasteiger partial charge in [-0.15, -0.1) is 0 Å². The zero-order valence-electron chi connectivity index (χ0n) is 15.2. The number of carbonyl (C=O) groups is 3. The van der Waals surface area contributed by atoms with Crippen molar-refractivity contribution in [3.8, 4) is 0 Å². The number of hydrogen-bond acceptors (Lipinski definition) is 5. The van der Waals surface area contributed by atoms with Crippen LogP contribution in [0.1, 0.15) is 57.1 Å². The number of benzene rings is 1. The van der Waals surface area contributed by atoms with Gasteiger partial charge in [0.25, 0.3) is 0 Å². The van der Waals surface area contributed by atoms with Gasteiger partial charge in [-0.25, -0.2) is 0 Å². The molecule has 1 aliphatic carbocycles. The maximum Gasteiger partial charge on any atom is 0.319 e. The van der Waals surface area contributed by atoms with Crippen molar-refractivity contribution in [3.05, 3.63) is 35.4 Å². The van der Waals surface area contributed by atoms with Crippen molar-refractivity contribution >= 4 is 17.7 Å². The topological polar surface area (TPSA) is 69.7 Å². The lowest BCUT2D eigenvalue weighted by Crippen LogP contribution is -2.39. The lowest BCUT2D eigenvalue weighted by molar-refractivity contribution is -0.158. The number of rotatable bonds is 7. The van der Waals surface area contributed by atoms with Crippen LogP contribution in [0.4, 0.5) is 0 Å². The Hall–Kier alpha value is -2.17. The molecule has 2 unspecified atom stereocenters. The molecule has 25 heavy (non-hydrogen) atoms. The van der Waals surface area contributed by atoms with Gasteiger partial charge in [0, 0.05) is 6.42 Å². The molecule has 0 N–H and O–H groups in total. The summed E-state index contributed by atoms with van der Waals surface area (Å²) in [6.45, 7) is 5.95. The first-order valence-electron chi connectivity index (χ1n) is 8.90. The number of carbonyl (C=O) groups excluding carboxylic acids is 3. The van der Waals surface area contributed by atoms with Gasteiger partial charge in [0.05, 0.1) is 19.1 Å². The molecule has 0 spiro atoms. The summed E-state index contributed by atoms with van der Waals surface area (Å²) in [6.07, 6.45) is 2.02. The Morgan fingerprint density at radius 2 is 1.76 bits per heavy atom. The van der Waals surface area contributed by atoms with E-state index in [4.69, 9.17) is 9.47 Å². The van der Waals surface area contributed by atoms with Crippen molar-refractivity contribution in [2.45, 2.75) is 52.4 Å². The minimum Gasteiger partial charge on any atom is -0.466 e. The maximum absolute atomic E-state index is 12.4. The molecule has 0 bridgehead atoms. The monoisotopic (exact) mass is 346 g/mol. The van der Waals surface area contributed by atoms with Crippen LogP contribution in [0.5, 0.6) is 0 Å². The second-order valence-corrected chi connectivity index (χ2v) is 6.47. The highest BCUT2D eigenvalue weighted by atomic mass is 16.5. The minimum atomic E-state index is -1.05. The van der Waals surface area contributed by atoms with Gasteiger partial charge in [-0.3, -0.25) is 14.4 Å². The van der Waals surface area contributed by atoms with Crippen LogP contribution in [-0.4, -0.2) is 30.9 Å². The molecule has 5 heteroatoms. The summed E-state index contributed by atoms with van der Waals surface area (Å²) in [6, 6.07) is 7.46. The molecule has 0 aromatic heterocycles. The quantitative estimate of drug-likeness (QED) is 0.560. The van der Waals surface area contributed by atoms with E-state index in [2.05, 4.69) is 0 Å². The van der Waals surface area contributed by atoms with Gasteiger partial charge in [-0.05, 0) is 51.2 Å². The van der Waals surface area contributed by atoms with Crippen LogP contribution in [0.2, 0.25) is 0 Å². The molecule has 0 heterocycles. The lowest BCUT2D eigenvalue weighted by atomic mass is 9.79. The molecule has 1 aromatic carbocycles. The highest BCUT2D eigenvalue weighted by molar-refractivity contribution is 6.05. The van der Waals surface area contributed by atoms with E-state index in [0.717, 1.165) is 17.5 Å². The number of Topliss-reactive ketones (excluding diaryl/α,β-unsaturated/α-hetero) is 1. The van der Waals surface area contributed by atoms with E-state index in [1.807, 2.05) is 24.3 Å². The average Bonchev–Trinajstić information content (AvgIpc) is 2.97. The number of esters is 2. The Morgan fingerprint density at radius 1 is 1.12 bits per heavy atom. The summed E-state index contributed by atoms with van der Waals surface area (Å²) >= 11 is 0. The first-order valence-corrected chi connectivity index (χ1v) is 8.90. The van der Waals surface area contributed by atoms with Gasteiger partial charge in [0.15, 0.2) is 5.78 Å². The molecule has 2 rings (SSSR count). The average molecular weight is 346 g/mol. The Bertz CT molecular complexity index is 634. The van der Waals surface area contributed by atoms with E-state index in [9.17, 15) is 14.4 Å². The van der Waals surface area contributed by atoms with Gasteiger partial charge < -0.3 is 9.47 Å². The summed E-state index contributed by atoms with van der Waals surface area (Å²) < 4.78 is 10.2. The molecule has 0 aliphatic heterocycles. The second kappa shape index (κ2) is 8.28. The van der Waals surface area contributed by atoms with Crippen molar-refractivity contribution in [1.29, 1.82) is 0 Å². The molecular formula is C20H26O5. The first kappa shape index (κ1) is 19.2. The SMILES string of the molecule is CCOC(=O)C(C)c1ccc(CC2(C(=O)OCC)CCCC2=O)cc1. The number of hydrogen-bond donors (Lipinski definition) is 0. The van der Waals surface area contributed by atoms with E-state index in [-0.39, 0.29) is 24.3 Å². The van der Waals surface area contributed by atoms with E-state index in [1.165, 1.54) is 0 Å². The zero-order chi connectivity index (χ0) is 18.4. The fourth-order valence-corrected chi connectivity index (χ4v) is 3.35. The largest absolute Gasteiger partial charge is 0.466 e. The number of ether oxygens (including phenoxy) is 2. The van der Waals surface area contributed by atoms with Crippen molar-refractivity contribution in [2.24, 2.45) is 5.41 Å². The van der Waals surface area contributed by atoms with Crippen LogP contribution in [0, 0.1) is 5.41 Å². The van der Waals surface area contributed by atoms with Crippen molar-refractivity contribution in [1.82, 2.24) is 0 Å². The molecule has 1 aromatic rings. The zero-order valence-corrected chi connectivity index (χ0v) is 15.2. The predicted octanol–water partition coefficient (Wildman–Crippen LogP) is 3.20. The van der Waals surface area contributed by atoms with Gasteiger partial charge >= 0.3 is 11.9 Å². The molecule has 1 aliphatic rings. The summed E-state index contributed by atoms with van der Waals surface area (Å²) in [4.78, 5) is 36.6. The second-order valence-electron chi connectivity index (χ2n) is 6.47. The normalized spacial score (nSPS) is 21.0. The molecule has 1 fully saturated rings.